The van der Waals surface area contributed by atoms with Gasteiger partial charge < -0.3 is 5.73 Å². The molecule has 0 aromatic heterocycles. The number of piperidine rings is 1. The molecule has 1 saturated heterocycles. The average molecular weight is 268 g/mol. The van der Waals surface area contributed by atoms with Crippen molar-refractivity contribution >= 4 is 0 Å². The third-order valence-electron chi connectivity index (χ3n) is 4.50. The van der Waals surface area contributed by atoms with Gasteiger partial charge in [0.15, 0.2) is 0 Å². The van der Waals surface area contributed by atoms with Crippen LogP contribution in [0.15, 0.2) is 0 Å². The molecule has 1 aliphatic rings. The van der Waals surface area contributed by atoms with Crippen LogP contribution in [0.3, 0.4) is 0 Å². The molecule has 1 rings (SSSR count). The van der Waals surface area contributed by atoms with E-state index in [1.165, 1.54) is 32.4 Å². The van der Waals surface area contributed by atoms with E-state index in [0.717, 1.165) is 30.2 Å². The average Bonchev–Trinajstić information content (AvgIpc) is 2.25. The van der Waals surface area contributed by atoms with Crippen molar-refractivity contribution in [2.75, 3.05) is 19.6 Å². The van der Waals surface area contributed by atoms with Crippen LogP contribution in [-0.4, -0.2) is 30.1 Å². The molecule has 0 amide bonds. The first-order valence-corrected chi connectivity index (χ1v) is 8.24. The van der Waals surface area contributed by atoms with E-state index in [0.29, 0.717) is 0 Å². The summed E-state index contributed by atoms with van der Waals surface area (Å²) in [5.41, 5.74) is 6.51. The van der Waals surface area contributed by atoms with E-state index in [2.05, 4.69) is 46.4 Å². The summed E-state index contributed by atoms with van der Waals surface area (Å²) in [5.74, 6) is 3.06. The minimum Gasteiger partial charge on any atom is -0.329 e. The SMILES string of the molecule is CC(C)CC(CN)(CC(C)C)N1CC(C)CC(C)C1. The summed E-state index contributed by atoms with van der Waals surface area (Å²) in [6.07, 6.45) is 3.85. The maximum absolute atomic E-state index is 6.28. The highest BCUT2D eigenvalue weighted by molar-refractivity contribution is 4.96. The zero-order valence-corrected chi connectivity index (χ0v) is 14.1. The van der Waals surface area contributed by atoms with E-state index in [-0.39, 0.29) is 5.54 Å². The molecule has 2 heteroatoms. The molecule has 0 saturated carbocycles. The molecule has 1 fully saturated rings. The lowest BCUT2D eigenvalue weighted by Gasteiger charge is -2.50. The monoisotopic (exact) mass is 268 g/mol. The van der Waals surface area contributed by atoms with Crippen molar-refractivity contribution in [3.8, 4) is 0 Å². The number of likely N-dealkylation sites (tertiary alicyclic amines) is 1. The minimum absolute atomic E-state index is 0.227. The maximum Gasteiger partial charge on any atom is 0.0336 e. The Morgan fingerprint density at radius 1 is 1.00 bits per heavy atom. The Balaban J connectivity index is 2.92. The van der Waals surface area contributed by atoms with Gasteiger partial charge in [0.05, 0.1) is 0 Å². The maximum atomic E-state index is 6.28. The first-order chi connectivity index (χ1) is 8.79. The second-order valence-corrected chi connectivity index (χ2v) is 7.98. The van der Waals surface area contributed by atoms with Crippen LogP contribution in [0.5, 0.6) is 0 Å². The van der Waals surface area contributed by atoms with Crippen LogP contribution >= 0.6 is 0 Å². The van der Waals surface area contributed by atoms with Gasteiger partial charge in [-0.15, -0.1) is 0 Å². The first-order valence-electron chi connectivity index (χ1n) is 8.24. The quantitative estimate of drug-likeness (QED) is 0.795. The summed E-state index contributed by atoms with van der Waals surface area (Å²) in [6, 6.07) is 0. The third-order valence-corrected chi connectivity index (χ3v) is 4.50. The largest absolute Gasteiger partial charge is 0.329 e. The lowest BCUT2D eigenvalue weighted by atomic mass is 9.77. The Bertz CT molecular complexity index is 240. The van der Waals surface area contributed by atoms with Crippen LogP contribution in [0, 0.1) is 23.7 Å². The topological polar surface area (TPSA) is 29.3 Å². The van der Waals surface area contributed by atoms with E-state index >= 15 is 0 Å². The molecule has 0 aromatic carbocycles. The summed E-state index contributed by atoms with van der Waals surface area (Å²) in [5, 5.41) is 0. The molecular weight excluding hydrogens is 232 g/mol. The molecular formula is C17H36N2. The van der Waals surface area contributed by atoms with Gasteiger partial charge in [0.2, 0.25) is 0 Å². The predicted octanol–water partition coefficient (Wildman–Crippen LogP) is 3.75. The Morgan fingerprint density at radius 2 is 1.42 bits per heavy atom. The zero-order chi connectivity index (χ0) is 14.6. The highest BCUT2D eigenvalue weighted by atomic mass is 15.2. The van der Waals surface area contributed by atoms with Crippen LogP contribution in [-0.2, 0) is 0 Å². The second-order valence-electron chi connectivity index (χ2n) is 7.98. The fourth-order valence-electron chi connectivity index (χ4n) is 4.21. The molecule has 2 atom stereocenters. The van der Waals surface area contributed by atoms with Crippen LogP contribution < -0.4 is 5.73 Å². The second kappa shape index (κ2) is 7.08. The van der Waals surface area contributed by atoms with Crippen molar-refractivity contribution in [1.29, 1.82) is 0 Å². The number of nitrogens with zero attached hydrogens (tertiary/aromatic N) is 1. The molecule has 0 radical (unpaired) electrons. The predicted molar refractivity (Wildman–Crippen MR) is 85.2 cm³/mol. The van der Waals surface area contributed by atoms with Crippen LogP contribution in [0.4, 0.5) is 0 Å². The molecule has 0 bridgehead atoms. The molecule has 1 aliphatic heterocycles. The Labute approximate surface area is 121 Å². The van der Waals surface area contributed by atoms with Gasteiger partial charge in [0, 0.05) is 25.2 Å². The molecule has 1 heterocycles. The Hall–Kier alpha value is -0.0800. The third kappa shape index (κ3) is 4.75. The van der Waals surface area contributed by atoms with Crippen molar-refractivity contribution in [3.63, 3.8) is 0 Å². The molecule has 0 aromatic rings. The fraction of sp³-hybridized carbons (Fsp3) is 1.00. The van der Waals surface area contributed by atoms with Gasteiger partial charge in [0.1, 0.15) is 0 Å². The molecule has 0 aliphatic carbocycles. The number of hydrogen-bond acceptors (Lipinski definition) is 2. The first kappa shape index (κ1) is 17.0. The van der Waals surface area contributed by atoms with Crippen molar-refractivity contribution < 1.29 is 0 Å². The summed E-state index contributed by atoms with van der Waals surface area (Å²) < 4.78 is 0. The van der Waals surface area contributed by atoms with Gasteiger partial charge in [0.25, 0.3) is 0 Å². The molecule has 19 heavy (non-hydrogen) atoms. The normalized spacial score (nSPS) is 26.4. The lowest BCUT2D eigenvalue weighted by molar-refractivity contribution is 0.00246. The summed E-state index contributed by atoms with van der Waals surface area (Å²) in [7, 11) is 0. The van der Waals surface area contributed by atoms with E-state index in [9.17, 15) is 0 Å². The van der Waals surface area contributed by atoms with Gasteiger partial charge in [-0.05, 0) is 42.9 Å². The van der Waals surface area contributed by atoms with Crippen LogP contribution in [0.1, 0.15) is 60.8 Å². The lowest BCUT2D eigenvalue weighted by Crippen LogP contribution is -2.59. The highest BCUT2D eigenvalue weighted by Crippen LogP contribution is 2.35. The molecule has 2 unspecified atom stereocenters. The molecule has 114 valence electrons. The van der Waals surface area contributed by atoms with E-state index in [1.54, 1.807) is 0 Å². The number of hydrogen-bond donors (Lipinski definition) is 1. The zero-order valence-electron chi connectivity index (χ0n) is 14.1. The number of nitrogens with two attached hydrogens (primary N) is 1. The highest BCUT2D eigenvalue weighted by Gasteiger charge is 2.39. The fourth-order valence-corrected chi connectivity index (χ4v) is 4.21. The Kier molecular flexibility index (Phi) is 6.32. The van der Waals surface area contributed by atoms with E-state index in [1.807, 2.05) is 0 Å². The van der Waals surface area contributed by atoms with Gasteiger partial charge in [-0.3, -0.25) is 4.90 Å². The van der Waals surface area contributed by atoms with Crippen molar-refractivity contribution in [1.82, 2.24) is 4.90 Å². The number of rotatable bonds is 6. The standard InChI is InChI=1S/C17H36N2/c1-13(2)8-17(12-18,9-14(3)4)19-10-15(5)7-16(6)11-19/h13-16H,7-12,18H2,1-6H3. The van der Waals surface area contributed by atoms with Crippen molar-refractivity contribution in [2.24, 2.45) is 29.4 Å². The van der Waals surface area contributed by atoms with Crippen LogP contribution in [0.2, 0.25) is 0 Å². The molecule has 2 nitrogen and oxygen atoms in total. The van der Waals surface area contributed by atoms with E-state index < -0.39 is 0 Å². The van der Waals surface area contributed by atoms with Crippen molar-refractivity contribution in [3.05, 3.63) is 0 Å². The summed E-state index contributed by atoms with van der Waals surface area (Å²) >= 11 is 0. The van der Waals surface area contributed by atoms with Gasteiger partial charge in [-0.2, -0.15) is 0 Å². The molecule has 2 N–H and O–H groups in total. The summed E-state index contributed by atoms with van der Waals surface area (Å²) in [6.45, 7) is 17.4. The van der Waals surface area contributed by atoms with E-state index in [4.69, 9.17) is 5.73 Å². The van der Waals surface area contributed by atoms with Crippen LogP contribution in [0.25, 0.3) is 0 Å². The molecule has 0 spiro atoms. The Morgan fingerprint density at radius 3 is 1.74 bits per heavy atom. The summed E-state index contributed by atoms with van der Waals surface area (Å²) in [4.78, 5) is 2.74. The van der Waals surface area contributed by atoms with Gasteiger partial charge >= 0.3 is 0 Å². The van der Waals surface area contributed by atoms with Gasteiger partial charge in [-0.25, -0.2) is 0 Å². The van der Waals surface area contributed by atoms with Gasteiger partial charge in [-0.1, -0.05) is 41.5 Å². The smallest absolute Gasteiger partial charge is 0.0336 e. The minimum atomic E-state index is 0.227. The van der Waals surface area contributed by atoms with Crippen molar-refractivity contribution in [2.45, 2.75) is 66.3 Å².